The SMILES string of the molecule is Cc1ccc(F)cc1NCC(C#N)C(F)(F)F. The molecule has 0 radical (unpaired) electrons. The molecule has 0 saturated carbocycles. The highest BCUT2D eigenvalue weighted by Crippen LogP contribution is 2.26. The summed E-state index contributed by atoms with van der Waals surface area (Å²) >= 11 is 0. The van der Waals surface area contributed by atoms with Gasteiger partial charge in [0.1, 0.15) is 5.82 Å². The van der Waals surface area contributed by atoms with E-state index >= 15 is 0 Å². The van der Waals surface area contributed by atoms with E-state index in [1.54, 1.807) is 6.92 Å². The standard InChI is InChI=1S/C11H10F4N2/c1-7-2-3-9(12)4-10(7)17-6-8(5-16)11(13,14)15/h2-4,8,17H,6H2,1H3. The van der Waals surface area contributed by atoms with Gasteiger partial charge in [0.25, 0.3) is 0 Å². The molecule has 1 aromatic rings. The Bertz CT molecular complexity index is 434. The van der Waals surface area contributed by atoms with Crippen molar-refractivity contribution in [1.82, 2.24) is 0 Å². The van der Waals surface area contributed by atoms with Crippen LogP contribution in [0.1, 0.15) is 5.56 Å². The fraction of sp³-hybridized carbons (Fsp3) is 0.364. The molecule has 6 heteroatoms. The first-order chi connectivity index (χ1) is 7.84. The second kappa shape index (κ2) is 5.04. The topological polar surface area (TPSA) is 35.8 Å². The summed E-state index contributed by atoms with van der Waals surface area (Å²) < 4.78 is 49.7. The van der Waals surface area contributed by atoms with Crippen LogP contribution in [0.5, 0.6) is 0 Å². The van der Waals surface area contributed by atoms with Gasteiger partial charge in [0.05, 0.1) is 6.07 Å². The predicted molar refractivity (Wildman–Crippen MR) is 54.8 cm³/mol. The number of nitrogens with one attached hydrogen (secondary N) is 1. The third-order valence-corrected chi connectivity index (χ3v) is 2.25. The Morgan fingerprint density at radius 1 is 1.41 bits per heavy atom. The Hall–Kier alpha value is -1.77. The van der Waals surface area contributed by atoms with Gasteiger partial charge in [-0.1, -0.05) is 6.07 Å². The van der Waals surface area contributed by atoms with E-state index in [1.807, 2.05) is 0 Å². The lowest BCUT2D eigenvalue weighted by Crippen LogP contribution is -2.28. The molecule has 0 amide bonds. The average molecular weight is 246 g/mol. The average Bonchev–Trinajstić information content (AvgIpc) is 2.22. The fourth-order valence-corrected chi connectivity index (χ4v) is 1.23. The lowest BCUT2D eigenvalue weighted by molar-refractivity contribution is -0.155. The number of hydrogen-bond donors (Lipinski definition) is 1. The van der Waals surface area contributed by atoms with Gasteiger partial charge in [0.15, 0.2) is 5.92 Å². The van der Waals surface area contributed by atoms with E-state index in [9.17, 15) is 17.6 Å². The Balaban J connectivity index is 2.73. The van der Waals surface area contributed by atoms with Crippen molar-refractivity contribution in [3.63, 3.8) is 0 Å². The summed E-state index contributed by atoms with van der Waals surface area (Å²) in [5.41, 5.74) is 0.875. The van der Waals surface area contributed by atoms with Crippen molar-refractivity contribution in [2.75, 3.05) is 11.9 Å². The highest BCUT2D eigenvalue weighted by Gasteiger charge is 2.39. The van der Waals surface area contributed by atoms with Crippen LogP contribution in [0.25, 0.3) is 0 Å². The molecule has 2 nitrogen and oxygen atoms in total. The largest absolute Gasteiger partial charge is 0.406 e. The molecule has 0 aliphatic carbocycles. The number of benzene rings is 1. The van der Waals surface area contributed by atoms with Gasteiger partial charge < -0.3 is 5.32 Å². The molecule has 92 valence electrons. The third-order valence-electron chi connectivity index (χ3n) is 2.25. The smallest absolute Gasteiger partial charge is 0.383 e. The van der Waals surface area contributed by atoms with Gasteiger partial charge in [-0.05, 0) is 24.6 Å². The monoisotopic (exact) mass is 246 g/mol. The van der Waals surface area contributed by atoms with Crippen LogP contribution in [0.3, 0.4) is 0 Å². The van der Waals surface area contributed by atoms with Gasteiger partial charge in [-0.25, -0.2) is 4.39 Å². The second-order valence-corrected chi connectivity index (χ2v) is 3.56. The van der Waals surface area contributed by atoms with Crippen molar-refractivity contribution < 1.29 is 17.6 Å². The lowest BCUT2D eigenvalue weighted by Gasteiger charge is -2.15. The van der Waals surface area contributed by atoms with Crippen molar-refractivity contribution in [2.24, 2.45) is 5.92 Å². The van der Waals surface area contributed by atoms with Crippen LogP contribution in [0.4, 0.5) is 23.2 Å². The molecule has 0 saturated heterocycles. The third kappa shape index (κ3) is 3.63. The number of rotatable bonds is 3. The molecule has 0 aromatic heterocycles. The lowest BCUT2D eigenvalue weighted by atomic mass is 10.1. The molecule has 0 fully saturated rings. The molecule has 0 aliphatic rings. The molecule has 1 N–H and O–H groups in total. The summed E-state index contributed by atoms with van der Waals surface area (Å²) in [4.78, 5) is 0. The molecule has 1 rings (SSSR count). The van der Waals surface area contributed by atoms with E-state index in [0.717, 1.165) is 6.07 Å². The van der Waals surface area contributed by atoms with Gasteiger partial charge in [0.2, 0.25) is 0 Å². The number of nitrogens with zero attached hydrogens (tertiary/aromatic N) is 1. The van der Waals surface area contributed by atoms with E-state index in [-0.39, 0.29) is 5.69 Å². The number of alkyl halides is 3. The Morgan fingerprint density at radius 3 is 2.59 bits per heavy atom. The van der Waals surface area contributed by atoms with Gasteiger partial charge >= 0.3 is 6.18 Å². The highest BCUT2D eigenvalue weighted by atomic mass is 19.4. The van der Waals surface area contributed by atoms with Crippen molar-refractivity contribution in [1.29, 1.82) is 5.26 Å². The van der Waals surface area contributed by atoms with Crippen molar-refractivity contribution in [3.8, 4) is 6.07 Å². The maximum absolute atomic E-state index is 12.9. The maximum Gasteiger partial charge on any atom is 0.406 e. The first kappa shape index (κ1) is 13.3. The van der Waals surface area contributed by atoms with E-state index in [4.69, 9.17) is 5.26 Å². The summed E-state index contributed by atoms with van der Waals surface area (Å²) in [6.45, 7) is 1.04. The Morgan fingerprint density at radius 2 is 2.06 bits per heavy atom. The summed E-state index contributed by atoms with van der Waals surface area (Å²) in [5, 5.41) is 10.8. The van der Waals surface area contributed by atoms with Gasteiger partial charge in [-0.15, -0.1) is 0 Å². The molecule has 0 aliphatic heterocycles. The quantitative estimate of drug-likeness (QED) is 0.831. The van der Waals surface area contributed by atoms with Crippen LogP contribution in [0.15, 0.2) is 18.2 Å². The van der Waals surface area contributed by atoms with Crippen LogP contribution in [0.2, 0.25) is 0 Å². The molecule has 1 aromatic carbocycles. The molecule has 1 unspecified atom stereocenters. The maximum atomic E-state index is 12.9. The highest BCUT2D eigenvalue weighted by molar-refractivity contribution is 5.50. The van der Waals surface area contributed by atoms with Crippen molar-refractivity contribution >= 4 is 5.69 Å². The molecular weight excluding hydrogens is 236 g/mol. The van der Waals surface area contributed by atoms with Gasteiger partial charge in [-0.2, -0.15) is 18.4 Å². The molecular formula is C11H10F4N2. The molecule has 1 atom stereocenters. The van der Waals surface area contributed by atoms with E-state index < -0.39 is 24.5 Å². The molecule has 0 bridgehead atoms. The molecule has 0 spiro atoms. The summed E-state index contributed by atoms with van der Waals surface area (Å²) in [7, 11) is 0. The zero-order valence-corrected chi connectivity index (χ0v) is 8.98. The first-order valence-electron chi connectivity index (χ1n) is 4.81. The zero-order valence-electron chi connectivity index (χ0n) is 8.98. The zero-order chi connectivity index (χ0) is 13.1. The fourth-order valence-electron chi connectivity index (χ4n) is 1.23. The summed E-state index contributed by atoms with van der Waals surface area (Å²) in [6.07, 6.45) is -4.58. The minimum absolute atomic E-state index is 0.259. The van der Waals surface area contributed by atoms with Crippen molar-refractivity contribution in [3.05, 3.63) is 29.6 Å². The summed E-state index contributed by atoms with van der Waals surface area (Å²) in [6, 6.07) is 4.93. The first-order valence-corrected chi connectivity index (χ1v) is 4.81. The minimum atomic E-state index is -4.58. The number of nitriles is 1. The number of hydrogen-bond acceptors (Lipinski definition) is 2. The number of anilines is 1. The van der Waals surface area contributed by atoms with E-state index in [0.29, 0.717) is 5.56 Å². The summed E-state index contributed by atoms with van der Waals surface area (Å²) in [5.74, 6) is -2.65. The molecule has 17 heavy (non-hydrogen) atoms. The van der Waals surface area contributed by atoms with E-state index in [1.165, 1.54) is 18.2 Å². The van der Waals surface area contributed by atoms with Gasteiger partial charge in [0, 0.05) is 12.2 Å². The van der Waals surface area contributed by atoms with Crippen LogP contribution in [0, 0.1) is 30.0 Å². The van der Waals surface area contributed by atoms with Crippen molar-refractivity contribution in [2.45, 2.75) is 13.1 Å². The molecule has 0 heterocycles. The van der Waals surface area contributed by atoms with Crippen LogP contribution < -0.4 is 5.32 Å². The normalized spacial score (nSPS) is 12.9. The second-order valence-electron chi connectivity index (χ2n) is 3.56. The van der Waals surface area contributed by atoms with Crippen LogP contribution >= 0.6 is 0 Å². The Labute approximate surface area is 95.9 Å². The minimum Gasteiger partial charge on any atom is -0.383 e. The number of halogens is 4. The van der Waals surface area contributed by atoms with Crippen LogP contribution in [-0.4, -0.2) is 12.7 Å². The number of aryl methyl sites for hydroxylation is 1. The predicted octanol–water partition coefficient (Wildman–Crippen LogP) is 3.25. The van der Waals surface area contributed by atoms with Gasteiger partial charge in [-0.3, -0.25) is 0 Å². The Kier molecular flexibility index (Phi) is 3.94. The van der Waals surface area contributed by atoms with Crippen LogP contribution in [-0.2, 0) is 0 Å². The van der Waals surface area contributed by atoms with E-state index in [2.05, 4.69) is 5.32 Å².